The number of hydrogen-bond acceptors (Lipinski definition) is 6. The quantitative estimate of drug-likeness (QED) is 0.481. The number of morpholine rings is 1. The van der Waals surface area contributed by atoms with E-state index >= 15 is 0 Å². The van der Waals surface area contributed by atoms with E-state index in [0.29, 0.717) is 25.6 Å². The van der Waals surface area contributed by atoms with E-state index < -0.39 is 0 Å². The van der Waals surface area contributed by atoms with Gasteiger partial charge in [-0.15, -0.1) is 0 Å². The van der Waals surface area contributed by atoms with Gasteiger partial charge in [0.15, 0.2) is 0 Å². The maximum absolute atomic E-state index is 13.3. The Balaban J connectivity index is 1.20. The molecule has 1 N–H and O–H groups in total. The topological polar surface area (TPSA) is 74.4 Å². The zero-order valence-electron chi connectivity index (χ0n) is 21.0. The van der Waals surface area contributed by atoms with Gasteiger partial charge < -0.3 is 19.7 Å². The minimum atomic E-state index is -0.0764. The minimum Gasteiger partial charge on any atom is -0.379 e. The van der Waals surface area contributed by atoms with Crippen LogP contribution in [0.3, 0.4) is 0 Å². The third-order valence-corrected chi connectivity index (χ3v) is 7.57. The van der Waals surface area contributed by atoms with Gasteiger partial charge in [0.2, 0.25) is 11.8 Å². The molecule has 1 saturated carbocycles. The first-order chi connectivity index (χ1) is 17.2. The number of carbonyl (C=O) groups excluding carboxylic acids is 2. The molecule has 2 amide bonds. The Kier molecular flexibility index (Phi) is 10.4. The van der Waals surface area contributed by atoms with E-state index in [2.05, 4.69) is 15.1 Å². The lowest BCUT2D eigenvalue weighted by molar-refractivity contribution is -0.139. The number of ether oxygens (including phenoxy) is 2. The second-order valence-corrected chi connectivity index (χ2v) is 9.98. The van der Waals surface area contributed by atoms with Crippen LogP contribution in [0.5, 0.6) is 0 Å². The molecule has 8 heteroatoms. The molecule has 1 atom stereocenters. The summed E-state index contributed by atoms with van der Waals surface area (Å²) in [5.74, 6) is 0.626. The molecule has 3 fully saturated rings. The molecule has 1 aromatic rings. The predicted octanol–water partition coefficient (Wildman–Crippen LogP) is 1.74. The molecule has 35 heavy (non-hydrogen) atoms. The molecule has 0 radical (unpaired) electrons. The van der Waals surface area contributed by atoms with Gasteiger partial charge in [0.1, 0.15) is 6.61 Å². The maximum Gasteiger partial charge on any atom is 0.248 e. The number of rotatable bonds is 11. The largest absolute Gasteiger partial charge is 0.379 e. The smallest absolute Gasteiger partial charge is 0.248 e. The third-order valence-electron chi connectivity index (χ3n) is 7.57. The Morgan fingerprint density at radius 1 is 1.00 bits per heavy atom. The van der Waals surface area contributed by atoms with E-state index in [4.69, 9.17) is 9.47 Å². The van der Waals surface area contributed by atoms with E-state index in [0.717, 1.165) is 77.3 Å². The SMILES string of the molecule is O=C(NCCCN1CCOCC1)C(C1CCCC1)N1CCN(C(=O)COCc2ccccc2)CC1. The highest BCUT2D eigenvalue weighted by Gasteiger charge is 2.37. The van der Waals surface area contributed by atoms with E-state index in [9.17, 15) is 9.59 Å². The fraction of sp³-hybridized carbons (Fsp3) is 0.704. The van der Waals surface area contributed by atoms with Crippen molar-refractivity contribution >= 4 is 11.8 Å². The lowest BCUT2D eigenvalue weighted by Gasteiger charge is -2.40. The van der Waals surface area contributed by atoms with Crippen LogP contribution in [0, 0.1) is 5.92 Å². The summed E-state index contributed by atoms with van der Waals surface area (Å²) < 4.78 is 11.1. The molecule has 194 valence electrons. The van der Waals surface area contributed by atoms with Crippen LogP contribution in [-0.2, 0) is 25.7 Å². The monoisotopic (exact) mass is 486 g/mol. The molecule has 0 spiro atoms. The first-order valence-corrected chi connectivity index (χ1v) is 13.4. The van der Waals surface area contributed by atoms with Crippen molar-refractivity contribution in [2.75, 3.05) is 72.2 Å². The molecule has 8 nitrogen and oxygen atoms in total. The van der Waals surface area contributed by atoms with E-state index in [1.165, 1.54) is 12.8 Å². The summed E-state index contributed by atoms with van der Waals surface area (Å²) >= 11 is 0. The van der Waals surface area contributed by atoms with Gasteiger partial charge >= 0.3 is 0 Å². The fourth-order valence-electron chi connectivity index (χ4n) is 5.57. The number of piperazine rings is 1. The van der Waals surface area contributed by atoms with Crippen LogP contribution in [0.1, 0.15) is 37.7 Å². The Bertz CT molecular complexity index is 773. The van der Waals surface area contributed by atoms with Crippen molar-refractivity contribution in [1.29, 1.82) is 0 Å². The van der Waals surface area contributed by atoms with Crippen LogP contribution in [0.25, 0.3) is 0 Å². The van der Waals surface area contributed by atoms with Gasteiger partial charge in [0.25, 0.3) is 0 Å². The summed E-state index contributed by atoms with van der Waals surface area (Å²) in [6, 6.07) is 9.84. The highest BCUT2D eigenvalue weighted by molar-refractivity contribution is 5.82. The number of hydrogen-bond donors (Lipinski definition) is 1. The van der Waals surface area contributed by atoms with Gasteiger partial charge in [0.05, 0.1) is 25.9 Å². The standard InChI is InChI=1S/C27H42N4O4/c32-25(22-35-21-23-7-2-1-3-8-23)30-13-15-31(16-14-30)26(24-9-4-5-10-24)27(33)28-11-6-12-29-17-19-34-20-18-29/h1-3,7-8,24,26H,4-6,9-22H2,(H,28,33). The van der Waals surface area contributed by atoms with E-state index in [-0.39, 0.29) is 24.5 Å². The van der Waals surface area contributed by atoms with Gasteiger partial charge in [-0.25, -0.2) is 0 Å². The Labute approximate surface area is 209 Å². The van der Waals surface area contributed by atoms with Crippen LogP contribution in [-0.4, -0.2) is 105 Å². The zero-order valence-corrected chi connectivity index (χ0v) is 21.0. The van der Waals surface area contributed by atoms with Gasteiger partial charge in [-0.05, 0) is 37.3 Å². The van der Waals surface area contributed by atoms with Crippen LogP contribution >= 0.6 is 0 Å². The molecule has 1 aliphatic carbocycles. The van der Waals surface area contributed by atoms with Crippen molar-refractivity contribution in [3.8, 4) is 0 Å². The molecule has 1 aromatic carbocycles. The van der Waals surface area contributed by atoms with Gasteiger partial charge in [-0.2, -0.15) is 0 Å². The Morgan fingerprint density at radius 3 is 2.43 bits per heavy atom. The number of carbonyl (C=O) groups is 2. The number of benzene rings is 1. The predicted molar refractivity (Wildman–Crippen MR) is 135 cm³/mol. The van der Waals surface area contributed by atoms with Crippen LogP contribution in [0.4, 0.5) is 0 Å². The zero-order chi connectivity index (χ0) is 24.3. The summed E-state index contributed by atoms with van der Waals surface area (Å²) in [4.78, 5) is 32.5. The van der Waals surface area contributed by atoms with Crippen LogP contribution in [0.2, 0.25) is 0 Å². The molecule has 3 aliphatic rings. The van der Waals surface area contributed by atoms with Gasteiger partial charge in [0, 0.05) is 45.8 Å². The average Bonchev–Trinajstić information content (AvgIpc) is 3.43. The summed E-state index contributed by atoms with van der Waals surface area (Å²) in [5.41, 5.74) is 1.07. The molecule has 1 unspecified atom stereocenters. The molecule has 2 saturated heterocycles. The van der Waals surface area contributed by atoms with Crippen LogP contribution in [0.15, 0.2) is 30.3 Å². The average molecular weight is 487 g/mol. The molecule has 2 aliphatic heterocycles. The van der Waals surface area contributed by atoms with Gasteiger partial charge in [-0.1, -0.05) is 43.2 Å². The molecule has 0 bridgehead atoms. The van der Waals surface area contributed by atoms with E-state index in [1.54, 1.807) is 0 Å². The van der Waals surface area contributed by atoms with Crippen molar-refractivity contribution in [3.05, 3.63) is 35.9 Å². The highest BCUT2D eigenvalue weighted by atomic mass is 16.5. The lowest BCUT2D eigenvalue weighted by Crippen LogP contribution is -2.58. The van der Waals surface area contributed by atoms with Crippen molar-refractivity contribution in [2.24, 2.45) is 5.92 Å². The summed E-state index contributed by atoms with van der Waals surface area (Å²) in [5, 5.41) is 3.23. The highest BCUT2D eigenvalue weighted by Crippen LogP contribution is 2.31. The van der Waals surface area contributed by atoms with Gasteiger partial charge in [-0.3, -0.25) is 19.4 Å². The Morgan fingerprint density at radius 2 is 1.71 bits per heavy atom. The molecular formula is C27H42N4O4. The van der Waals surface area contributed by atoms with Crippen LogP contribution < -0.4 is 5.32 Å². The van der Waals surface area contributed by atoms with E-state index in [1.807, 2.05) is 35.2 Å². The van der Waals surface area contributed by atoms with Crippen molar-refractivity contribution in [1.82, 2.24) is 20.0 Å². The Hall–Kier alpha value is -2.00. The first kappa shape index (κ1) is 26.1. The van der Waals surface area contributed by atoms with Crippen molar-refractivity contribution < 1.29 is 19.1 Å². The van der Waals surface area contributed by atoms with Crippen molar-refractivity contribution in [3.63, 3.8) is 0 Å². The molecule has 0 aromatic heterocycles. The molecular weight excluding hydrogens is 444 g/mol. The minimum absolute atomic E-state index is 0.0329. The van der Waals surface area contributed by atoms with Crippen molar-refractivity contribution in [2.45, 2.75) is 44.8 Å². The normalized spacial score (nSPS) is 21.2. The summed E-state index contributed by atoms with van der Waals surface area (Å²) in [6.45, 7) is 8.65. The first-order valence-electron chi connectivity index (χ1n) is 13.4. The third kappa shape index (κ3) is 8.00. The molecule has 2 heterocycles. The summed E-state index contributed by atoms with van der Waals surface area (Å²) in [7, 11) is 0. The number of nitrogens with zero attached hydrogens (tertiary/aromatic N) is 3. The second-order valence-electron chi connectivity index (χ2n) is 9.98. The lowest BCUT2D eigenvalue weighted by atomic mass is 9.95. The number of nitrogens with one attached hydrogen (secondary N) is 1. The fourth-order valence-corrected chi connectivity index (χ4v) is 5.57. The maximum atomic E-state index is 13.3. The summed E-state index contributed by atoms with van der Waals surface area (Å²) in [6.07, 6.45) is 5.64. The second kappa shape index (κ2) is 13.9. The molecule has 4 rings (SSSR count). The number of amides is 2.